The fraction of sp³-hybridized carbons (Fsp3) is 0.632. The average Bonchev–Trinajstić information content (AvgIpc) is 3.10. The third-order valence-electron chi connectivity index (χ3n) is 5.02. The minimum atomic E-state index is -0.308. The van der Waals surface area contributed by atoms with Gasteiger partial charge in [-0.1, -0.05) is 44.0 Å². The molecule has 1 aromatic carbocycles. The Morgan fingerprint density at radius 1 is 1.35 bits per heavy atom. The Morgan fingerprint density at radius 3 is 2.91 bits per heavy atom. The summed E-state index contributed by atoms with van der Waals surface area (Å²) < 4.78 is 6.00. The molecule has 1 saturated carbocycles. The van der Waals surface area contributed by atoms with Gasteiger partial charge in [0, 0.05) is 12.6 Å². The van der Waals surface area contributed by atoms with E-state index in [1.807, 2.05) is 6.92 Å². The van der Waals surface area contributed by atoms with Gasteiger partial charge >= 0.3 is 0 Å². The minimum absolute atomic E-state index is 0.0317. The first-order valence-corrected chi connectivity index (χ1v) is 9.02. The molecule has 4 heteroatoms. The zero-order valence-corrected chi connectivity index (χ0v) is 14.0. The number of amides is 1. The maximum absolute atomic E-state index is 12.5. The first-order valence-electron chi connectivity index (χ1n) is 9.02. The highest BCUT2D eigenvalue weighted by molar-refractivity contribution is 5.80. The van der Waals surface area contributed by atoms with Gasteiger partial charge in [-0.25, -0.2) is 0 Å². The number of hydrogen-bond donors (Lipinski definition) is 2. The van der Waals surface area contributed by atoms with Crippen LogP contribution in [0.25, 0.3) is 0 Å². The summed E-state index contributed by atoms with van der Waals surface area (Å²) in [4.78, 5) is 12.5. The van der Waals surface area contributed by atoms with Gasteiger partial charge < -0.3 is 15.4 Å². The van der Waals surface area contributed by atoms with Gasteiger partial charge in [0.2, 0.25) is 5.91 Å². The summed E-state index contributed by atoms with van der Waals surface area (Å²) in [5.41, 5.74) is 2.70. The smallest absolute Gasteiger partial charge is 0.249 e. The first kappa shape index (κ1) is 16.5. The van der Waals surface area contributed by atoms with E-state index in [2.05, 4.69) is 34.9 Å². The molecule has 0 spiro atoms. The van der Waals surface area contributed by atoms with E-state index in [-0.39, 0.29) is 24.2 Å². The third kappa shape index (κ3) is 4.12. The summed E-state index contributed by atoms with van der Waals surface area (Å²) in [6.07, 6.45) is 6.41. The molecule has 0 radical (unpaired) electrons. The topological polar surface area (TPSA) is 50.4 Å². The monoisotopic (exact) mass is 316 g/mol. The molecule has 126 valence electrons. The van der Waals surface area contributed by atoms with Crippen molar-refractivity contribution in [3.63, 3.8) is 0 Å². The molecule has 2 aliphatic rings. The fourth-order valence-electron chi connectivity index (χ4n) is 3.69. The lowest BCUT2D eigenvalue weighted by atomic mass is 9.94. The van der Waals surface area contributed by atoms with Gasteiger partial charge in [0.25, 0.3) is 0 Å². The quantitative estimate of drug-likeness (QED) is 0.848. The van der Waals surface area contributed by atoms with E-state index < -0.39 is 0 Å². The Balaban J connectivity index is 1.54. The normalized spacial score (nSPS) is 22.6. The highest BCUT2D eigenvalue weighted by Gasteiger charge is 2.25. The largest absolute Gasteiger partial charge is 0.365 e. The second-order valence-electron chi connectivity index (χ2n) is 6.64. The van der Waals surface area contributed by atoms with Gasteiger partial charge in [-0.2, -0.15) is 0 Å². The molecule has 1 aromatic rings. The maximum atomic E-state index is 12.5. The van der Waals surface area contributed by atoms with Gasteiger partial charge in [0.05, 0.1) is 6.10 Å². The Kier molecular flexibility index (Phi) is 5.68. The highest BCUT2D eigenvalue weighted by Crippen LogP contribution is 2.24. The van der Waals surface area contributed by atoms with Crippen LogP contribution < -0.4 is 10.6 Å². The van der Waals surface area contributed by atoms with Crippen molar-refractivity contribution < 1.29 is 9.53 Å². The molecule has 0 bridgehead atoms. The molecule has 4 nitrogen and oxygen atoms in total. The molecule has 2 atom stereocenters. The van der Waals surface area contributed by atoms with E-state index in [0.717, 1.165) is 32.2 Å². The zero-order chi connectivity index (χ0) is 16.1. The van der Waals surface area contributed by atoms with Crippen molar-refractivity contribution in [1.82, 2.24) is 10.6 Å². The van der Waals surface area contributed by atoms with Gasteiger partial charge in [-0.05, 0) is 43.4 Å². The van der Waals surface area contributed by atoms with Crippen LogP contribution >= 0.6 is 0 Å². The molecule has 1 amide bonds. The van der Waals surface area contributed by atoms with Gasteiger partial charge in [-0.15, -0.1) is 0 Å². The minimum Gasteiger partial charge on any atom is -0.365 e. The molecule has 1 heterocycles. The molecule has 1 fully saturated rings. The number of ether oxygens (including phenoxy) is 1. The number of carbonyl (C=O) groups excluding carboxylic acids is 1. The molecule has 2 unspecified atom stereocenters. The molecule has 0 saturated heterocycles. The molecule has 2 N–H and O–H groups in total. The Labute approximate surface area is 139 Å². The number of benzene rings is 1. The molecular formula is C19H28N2O2. The maximum Gasteiger partial charge on any atom is 0.249 e. The Morgan fingerprint density at radius 2 is 2.13 bits per heavy atom. The third-order valence-corrected chi connectivity index (χ3v) is 5.02. The number of fused-ring (bicyclic) bond motifs is 1. The lowest BCUT2D eigenvalue weighted by Gasteiger charge is -2.28. The molecule has 0 aromatic heterocycles. The van der Waals surface area contributed by atoms with Crippen LogP contribution in [0.4, 0.5) is 0 Å². The van der Waals surface area contributed by atoms with Crippen molar-refractivity contribution in [1.29, 1.82) is 0 Å². The number of nitrogens with one attached hydrogen (secondary N) is 2. The van der Waals surface area contributed by atoms with Gasteiger partial charge in [0.1, 0.15) is 6.10 Å². The van der Waals surface area contributed by atoms with Crippen LogP contribution in [0.1, 0.15) is 56.2 Å². The van der Waals surface area contributed by atoms with Crippen LogP contribution in [0.3, 0.4) is 0 Å². The van der Waals surface area contributed by atoms with Crippen molar-refractivity contribution in [2.75, 3.05) is 13.1 Å². The first-order chi connectivity index (χ1) is 11.3. The molecule has 3 rings (SSSR count). The van der Waals surface area contributed by atoms with E-state index >= 15 is 0 Å². The molecular weight excluding hydrogens is 288 g/mol. The van der Waals surface area contributed by atoms with E-state index in [0.29, 0.717) is 6.54 Å². The van der Waals surface area contributed by atoms with Crippen molar-refractivity contribution in [2.45, 2.75) is 63.7 Å². The average molecular weight is 316 g/mol. The summed E-state index contributed by atoms with van der Waals surface area (Å²) in [6.45, 7) is 3.61. The Bertz CT molecular complexity index is 526. The van der Waals surface area contributed by atoms with E-state index in [1.165, 1.54) is 24.0 Å². The van der Waals surface area contributed by atoms with E-state index in [9.17, 15) is 4.79 Å². The lowest BCUT2D eigenvalue weighted by molar-refractivity contribution is -0.136. The van der Waals surface area contributed by atoms with Crippen molar-refractivity contribution in [2.24, 2.45) is 0 Å². The summed E-state index contributed by atoms with van der Waals surface area (Å²) in [7, 11) is 0. The van der Waals surface area contributed by atoms with Crippen LogP contribution in [0, 0.1) is 0 Å². The zero-order valence-electron chi connectivity index (χ0n) is 14.0. The van der Waals surface area contributed by atoms with Crippen molar-refractivity contribution in [3.05, 3.63) is 35.4 Å². The molecule has 1 aliphatic carbocycles. The fourth-order valence-corrected chi connectivity index (χ4v) is 3.69. The van der Waals surface area contributed by atoms with Gasteiger partial charge in [0.15, 0.2) is 0 Å². The predicted octanol–water partition coefficient (Wildman–Crippen LogP) is 2.73. The molecule has 1 aliphatic heterocycles. The SMILES string of the molecule is CCC(OC1CCCC1)C(=O)NCC1NCCc2ccccc21. The van der Waals surface area contributed by atoms with Crippen LogP contribution in [0.2, 0.25) is 0 Å². The summed E-state index contributed by atoms with van der Waals surface area (Å²) in [5, 5.41) is 6.60. The van der Waals surface area contributed by atoms with Crippen LogP contribution in [-0.4, -0.2) is 31.2 Å². The second-order valence-corrected chi connectivity index (χ2v) is 6.64. The lowest BCUT2D eigenvalue weighted by Crippen LogP contribution is -2.43. The van der Waals surface area contributed by atoms with E-state index in [4.69, 9.17) is 4.74 Å². The van der Waals surface area contributed by atoms with Gasteiger partial charge in [-0.3, -0.25) is 4.79 Å². The predicted molar refractivity (Wildman–Crippen MR) is 91.3 cm³/mol. The van der Waals surface area contributed by atoms with E-state index in [1.54, 1.807) is 0 Å². The number of carbonyl (C=O) groups is 1. The summed E-state index contributed by atoms with van der Waals surface area (Å²) >= 11 is 0. The molecule has 23 heavy (non-hydrogen) atoms. The standard InChI is InChI=1S/C19H28N2O2/c1-2-18(23-15-8-4-5-9-15)19(22)21-13-17-16-10-6-3-7-14(16)11-12-20-17/h3,6-7,10,15,17-18,20H,2,4-5,8-9,11-13H2,1H3,(H,21,22). The van der Waals surface area contributed by atoms with Crippen molar-refractivity contribution in [3.8, 4) is 0 Å². The summed E-state index contributed by atoms with van der Waals surface area (Å²) in [6, 6.07) is 8.70. The Hall–Kier alpha value is -1.39. The second kappa shape index (κ2) is 7.93. The number of hydrogen-bond acceptors (Lipinski definition) is 3. The number of rotatable bonds is 6. The van der Waals surface area contributed by atoms with Crippen LogP contribution in [0.5, 0.6) is 0 Å². The highest BCUT2D eigenvalue weighted by atomic mass is 16.5. The van der Waals surface area contributed by atoms with Crippen LogP contribution in [0.15, 0.2) is 24.3 Å². The summed E-state index contributed by atoms with van der Waals surface area (Å²) in [5.74, 6) is 0.0317. The van der Waals surface area contributed by atoms with Crippen LogP contribution in [-0.2, 0) is 16.0 Å². The van der Waals surface area contributed by atoms with Crippen molar-refractivity contribution >= 4 is 5.91 Å².